The summed E-state index contributed by atoms with van der Waals surface area (Å²) in [4.78, 5) is 46.9. The van der Waals surface area contributed by atoms with E-state index < -0.39 is 36.1 Å². The molecule has 28 heavy (non-hydrogen) atoms. The number of esters is 2. The quantitative estimate of drug-likeness (QED) is 0.620. The van der Waals surface area contributed by atoms with Crippen LogP contribution in [0.2, 0.25) is 0 Å². The topological polar surface area (TPSA) is 127 Å². The largest absolute Gasteiger partial charge is 0.478 e. The molecule has 2 rings (SSSR count). The van der Waals surface area contributed by atoms with Gasteiger partial charge in [0.1, 0.15) is 0 Å². The lowest BCUT2D eigenvalue weighted by Gasteiger charge is -2.21. The Labute approximate surface area is 160 Å². The van der Waals surface area contributed by atoms with Crippen LogP contribution in [-0.2, 0) is 41.5 Å². The third-order valence-corrected chi connectivity index (χ3v) is 3.66. The Morgan fingerprint density at radius 3 is 1.25 bits per heavy atom. The highest BCUT2D eigenvalue weighted by Crippen LogP contribution is 2.11. The smallest absolute Gasteiger partial charge is 0.349 e. The molecule has 0 aromatic heterocycles. The first kappa shape index (κ1) is 20.6. The number of carboxylic acids is 2. The number of carboxylic acid groups (broad SMARTS) is 2. The molecule has 2 atom stereocenters. The molecule has 0 aliphatic carbocycles. The van der Waals surface area contributed by atoms with E-state index in [9.17, 15) is 29.4 Å². The molecular weight excluding hydrogens is 368 g/mol. The molecule has 0 spiro atoms. The summed E-state index contributed by atoms with van der Waals surface area (Å²) in [5, 5.41) is 18.6. The average molecular weight is 386 g/mol. The molecule has 0 aliphatic rings. The number of ether oxygens (including phenoxy) is 2. The van der Waals surface area contributed by atoms with Gasteiger partial charge in [-0.05, 0) is 11.1 Å². The Morgan fingerprint density at radius 2 is 0.964 bits per heavy atom. The molecule has 0 fully saturated rings. The summed E-state index contributed by atoms with van der Waals surface area (Å²) < 4.78 is 9.59. The van der Waals surface area contributed by atoms with Gasteiger partial charge in [-0.15, -0.1) is 0 Å². The van der Waals surface area contributed by atoms with Crippen molar-refractivity contribution in [3.8, 4) is 0 Å². The molecule has 0 saturated carbocycles. The van der Waals surface area contributed by atoms with E-state index in [1.54, 1.807) is 60.7 Å². The number of hydrogen-bond acceptors (Lipinski definition) is 6. The number of carbonyl (C=O) groups is 4. The molecule has 2 aromatic rings. The molecular formula is C20H18O8. The first-order valence-electron chi connectivity index (χ1n) is 8.29. The lowest BCUT2D eigenvalue weighted by atomic mass is 10.1. The summed E-state index contributed by atoms with van der Waals surface area (Å²) in [7, 11) is 0. The van der Waals surface area contributed by atoms with E-state index in [1.165, 1.54) is 0 Å². The summed E-state index contributed by atoms with van der Waals surface area (Å²) in [6.45, 7) is 0. The molecule has 2 N–H and O–H groups in total. The fraction of sp³-hybridized carbons (Fsp3) is 0.200. The van der Waals surface area contributed by atoms with Gasteiger partial charge in [-0.1, -0.05) is 60.7 Å². The summed E-state index contributed by atoms with van der Waals surface area (Å²) in [6.07, 6.45) is -4.86. The molecule has 0 bridgehead atoms. The van der Waals surface area contributed by atoms with E-state index >= 15 is 0 Å². The van der Waals surface area contributed by atoms with Crippen molar-refractivity contribution in [2.75, 3.05) is 0 Å². The Hall–Kier alpha value is -3.68. The van der Waals surface area contributed by atoms with Crippen LogP contribution < -0.4 is 0 Å². The zero-order valence-electron chi connectivity index (χ0n) is 14.7. The van der Waals surface area contributed by atoms with Crippen LogP contribution in [0.4, 0.5) is 0 Å². The number of aliphatic carboxylic acids is 2. The molecule has 0 unspecified atom stereocenters. The van der Waals surface area contributed by atoms with Crippen LogP contribution >= 0.6 is 0 Å². The van der Waals surface area contributed by atoms with Crippen molar-refractivity contribution in [2.24, 2.45) is 0 Å². The van der Waals surface area contributed by atoms with E-state index in [0.29, 0.717) is 11.1 Å². The number of rotatable bonds is 9. The molecule has 0 saturated heterocycles. The molecule has 8 nitrogen and oxygen atoms in total. The van der Waals surface area contributed by atoms with E-state index in [-0.39, 0.29) is 12.8 Å². The highest BCUT2D eigenvalue weighted by atomic mass is 16.6. The van der Waals surface area contributed by atoms with Crippen molar-refractivity contribution in [2.45, 2.75) is 25.0 Å². The van der Waals surface area contributed by atoms with Gasteiger partial charge in [-0.25, -0.2) is 9.59 Å². The second kappa shape index (κ2) is 9.86. The summed E-state index contributed by atoms with van der Waals surface area (Å²) in [6, 6.07) is 16.7. The minimum absolute atomic E-state index is 0.255. The lowest BCUT2D eigenvalue weighted by Crippen LogP contribution is -2.46. The second-order valence-corrected chi connectivity index (χ2v) is 5.82. The SMILES string of the molecule is O=C(Cc1ccccc1)O[C@@H](C(=O)O)[C@@H](OC(=O)Cc1ccccc1)C(=O)O. The Balaban J connectivity index is 2.06. The second-order valence-electron chi connectivity index (χ2n) is 5.82. The van der Waals surface area contributed by atoms with Crippen LogP contribution in [0.15, 0.2) is 60.7 Å². The maximum Gasteiger partial charge on any atom is 0.349 e. The Morgan fingerprint density at radius 1 is 0.643 bits per heavy atom. The van der Waals surface area contributed by atoms with Crippen molar-refractivity contribution in [1.29, 1.82) is 0 Å². The summed E-state index contributed by atoms with van der Waals surface area (Å²) >= 11 is 0. The molecule has 0 aliphatic heterocycles. The zero-order chi connectivity index (χ0) is 20.5. The summed E-state index contributed by atoms with van der Waals surface area (Å²) in [5.74, 6) is -5.38. The maximum atomic E-state index is 12.0. The van der Waals surface area contributed by atoms with E-state index in [1.807, 2.05) is 0 Å². The third-order valence-electron chi connectivity index (χ3n) is 3.66. The van der Waals surface area contributed by atoms with Crippen molar-refractivity contribution >= 4 is 23.9 Å². The third kappa shape index (κ3) is 6.24. The van der Waals surface area contributed by atoms with Gasteiger partial charge in [0, 0.05) is 0 Å². The van der Waals surface area contributed by atoms with Gasteiger partial charge >= 0.3 is 23.9 Å². The minimum Gasteiger partial charge on any atom is -0.478 e. The van der Waals surface area contributed by atoms with E-state index in [2.05, 4.69) is 0 Å². The first-order valence-corrected chi connectivity index (χ1v) is 8.29. The molecule has 0 heterocycles. The fourth-order valence-corrected chi connectivity index (χ4v) is 2.38. The van der Waals surface area contributed by atoms with Gasteiger partial charge in [0.25, 0.3) is 0 Å². The van der Waals surface area contributed by atoms with Crippen LogP contribution in [0, 0.1) is 0 Å². The van der Waals surface area contributed by atoms with Crippen molar-refractivity contribution in [1.82, 2.24) is 0 Å². The molecule has 0 radical (unpaired) electrons. The fourth-order valence-electron chi connectivity index (χ4n) is 2.38. The highest BCUT2D eigenvalue weighted by molar-refractivity contribution is 5.88. The van der Waals surface area contributed by atoms with Gasteiger partial charge in [0.05, 0.1) is 12.8 Å². The van der Waals surface area contributed by atoms with Crippen LogP contribution in [0.5, 0.6) is 0 Å². The number of benzene rings is 2. The van der Waals surface area contributed by atoms with Gasteiger partial charge < -0.3 is 19.7 Å². The average Bonchev–Trinajstić information content (AvgIpc) is 2.65. The van der Waals surface area contributed by atoms with Crippen LogP contribution in [-0.4, -0.2) is 46.3 Å². The predicted octanol–water partition coefficient (Wildman–Crippen LogP) is 1.46. The molecule has 8 heteroatoms. The molecule has 0 amide bonds. The van der Waals surface area contributed by atoms with Gasteiger partial charge in [-0.3, -0.25) is 9.59 Å². The van der Waals surface area contributed by atoms with Crippen molar-refractivity contribution < 1.29 is 38.9 Å². The molecule has 2 aromatic carbocycles. The van der Waals surface area contributed by atoms with Gasteiger partial charge in [-0.2, -0.15) is 0 Å². The van der Waals surface area contributed by atoms with E-state index in [0.717, 1.165) is 0 Å². The minimum atomic E-state index is -2.17. The summed E-state index contributed by atoms with van der Waals surface area (Å²) in [5.41, 5.74) is 1.12. The lowest BCUT2D eigenvalue weighted by molar-refractivity contribution is -0.187. The molecule has 146 valence electrons. The number of hydrogen-bond donors (Lipinski definition) is 2. The van der Waals surface area contributed by atoms with Gasteiger partial charge in [0.15, 0.2) is 0 Å². The Kier molecular flexibility index (Phi) is 7.27. The number of carbonyl (C=O) groups excluding carboxylic acids is 2. The van der Waals surface area contributed by atoms with Crippen LogP contribution in [0.25, 0.3) is 0 Å². The predicted molar refractivity (Wildman–Crippen MR) is 95.3 cm³/mol. The van der Waals surface area contributed by atoms with Crippen molar-refractivity contribution in [3.63, 3.8) is 0 Å². The van der Waals surface area contributed by atoms with Crippen LogP contribution in [0.1, 0.15) is 11.1 Å². The highest BCUT2D eigenvalue weighted by Gasteiger charge is 2.40. The van der Waals surface area contributed by atoms with Gasteiger partial charge in [0.2, 0.25) is 12.2 Å². The standard InChI is InChI=1S/C20H18O8/c21-15(11-13-7-3-1-4-8-13)27-17(19(23)24)18(20(25)26)28-16(22)12-14-9-5-2-6-10-14/h1-10,17-18H,11-12H2,(H,23,24)(H,25,26)/t17-,18-/m1/s1. The zero-order valence-corrected chi connectivity index (χ0v) is 14.7. The Bertz CT molecular complexity index is 760. The normalized spacial score (nSPS) is 12.4. The monoisotopic (exact) mass is 386 g/mol. The van der Waals surface area contributed by atoms with E-state index in [4.69, 9.17) is 9.47 Å². The first-order chi connectivity index (χ1) is 13.4. The van der Waals surface area contributed by atoms with Crippen molar-refractivity contribution in [3.05, 3.63) is 71.8 Å². The maximum absolute atomic E-state index is 12.0. The van der Waals surface area contributed by atoms with Crippen LogP contribution in [0.3, 0.4) is 0 Å².